The van der Waals surface area contributed by atoms with Crippen molar-refractivity contribution in [3.63, 3.8) is 0 Å². The van der Waals surface area contributed by atoms with Crippen LogP contribution in [0, 0.1) is 0 Å². The summed E-state index contributed by atoms with van der Waals surface area (Å²) in [7, 11) is 0. The Hall–Kier alpha value is -0.170. The average Bonchev–Trinajstić information content (AvgIpc) is 1.96. The number of rotatable bonds is 6. The lowest BCUT2D eigenvalue weighted by atomic mass is 10.1. The zero-order valence-electron chi connectivity index (χ0n) is 7.15. The molecule has 0 aromatic rings. The molecule has 0 amide bonds. The number of hydrogen-bond donors (Lipinski definition) is 1. The van der Waals surface area contributed by atoms with Crippen LogP contribution in [0.5, 0.6) is 0 Å². The second-order valence-electron chi connectivity index (χ2n) is 2.73. The molecular formula is C9H17ClO. The van der Waals surface area contributed by atoms with Crippen molar-refractivity contribution in [2.45, 2.75) is 45.4 Å². The maximum atomic E-state index is 8.58. The highest BCUT2D eigenvalue weighted by Crippen LogP contribution is 2.07. The minimum absolute atomic E-state index is 0.0690. The van der Waals surface area contributed by atoms with Crippen LogP contribution in [-0.4, -0.2) is 5.11 Å². The van der Waals surface area contributed by atoms with Gasteiger partial charge in [0.05, 0.1) is 0 Å². The summed E-state index contributed by atoms with van der Waals surface area (Å²) in [4.78, 5) is 0. The van der Waals surface area contributed by atoms with Crippen molar-refractivity contribution in [1.29, 1.82) is 0 Å². The fourth-order valence-electron chi connectivity index (χ4n) is 0.969. The summed E-state index contributed by atoms with van der Waals surface area (Å²) in [6.07, 6.45) is 8.83. The quantitative estimate of drug-likeness (QED) is 0.480. The molecule has 1 nitrogen and oxygen atoms in total. The van der Waals surface area contributed by atoms with E-state index in [2.05, 4.69) is 6.92 Å². The molecule has 0 unspecified atom stereocenters. The van der Waals surface area contributed by atoms with E-state index in [9.17, 15) is 0 Å². The van der Waals surface area contributed by atoms with E-state index in [4.69, 9.17) is 16.7 Å². The molecule has 11 heavy (non-hydrogen) atoms. The van der Waals surface area contributed by atoms with Gasteiger partial charge in [-0.1, -0.05) is 32.6 Å². The Morgan fingerprint density at radius 2 is 1.91 bits per heavy atom. The van der Waals surface area contributed by atoms with Gasteiger partial charge >= 0.3 is 0 Å². The highest BCUT2D eigenvalue weighted by molar-refractivity contribution is 6.27. The standard InChI is InChI=1S/C9H17ClO/c1-2-3-4-5-6-7-8-9(10)11/h8,11H,2-7H2,1H3. The van der Waals surface area contributed by atoms with E-state index >= 15 is 0 Å². The van der Waals surface area contributed by atoms with Crippen molar-refractivity contribution in [2.24, 2.45) is 0 Å². The van der Waals surface area contributed by atoms with Crippen LogP contribution in [0.4, 0.5) is 0 Å². The van der Waals surface area contributed by atoms with Crippen LogP contribution in [0.15, 0.2) is 11.3 Å². The third-order valence-electron chi connectivity index (χ3n) is 1.62. The molecule has 0 saturated carbocycles. The molecule has 0 saturated heterocycles. The van der Waals surface area contributed by atoms with E-state index in [1.807, 2.05) is 0 Å². The fourth-order valence-corrected chi connectivity index (χ4v) is 1.08. The van der Waals surface area contributed by atoms with Gasteiger partial charge in [0.2, 0.25) is 0 Å². The van der Waals surface area contributed by atoms with Gasteiger partial charge < -0.3 is 5.11 Å². The zero-order valence-corrected chi connectivity index (χ0v) is 7.90. The first-order valence-corrected chi connectivity index (χ1v) is 4.69. The predicted molar refractivity (Wildman–Crippen MR) is 49.9 cm³/mol. The molecule has 0 aromatic carbocycles. The average molecular weight is 177 g/mol. The van der Waals surface area contributed by atoms with E-state index in [1.165, 1.54) is 25.7 Å². The Morgan fingerprint density at radius 3 is 2.45 bits per heavy atom. The van der Waals surface area contributed by atoms with Gasteiger partial charge in [0, 0.05) is 0 Å². The van der Waals surface area contributed by atoms with Gasteiger partial charge in [-0.3, -0.25) is 0 Å². The first-order chi connectivity index (χ1) is 5.27. The molecule has 0 aliphatic heterocycles. The van der Waals surface area contributed by atoms with E-state index < -0.39 is 0 Å². The van der Waals surface area contributed by atoms with Crippen LogP contribution in [0.25, 0.3) is 0 Å². The molecular weight excluding hydrogens is 160 g/mol. The SMILES string of the molecule is CCCCCCCC=C(O)Cl. The van der Waals surface area contributed by atoms with E-state index in [1.54, 1.807) is 6.08 Å². The summed E-state index contributed by atoms with van der Waals surface area (Å²) in [5.74, 6) is 0. The third-order valence-corrected chi connectivity index (χ3v) is 1.77. The molecule has 0 radical (unpaired) electrons. The lowest BCUT2D eigenvalue weighted by Crippen LogP contribution is -1.76. The number of hydrogen-bond acceptors (Lipinski definition) is 1. The first-order valence-electron chi connectivity index (χ1n) is 4.32. The zero-order chi connectivity index (χ0) is 8.53. The largest absolute Gasteiger partial charge is 0.499 e. The van der Waals surface area contributed by atoms with Crippen LogP contribution in [0.3, 0.4) is 0 Å². The summed E-state index contributed by atoms with van der Waals surface area (Å²) in [6.45, 7) is 2.20. The fraction of sp³-hybridized carbons (Fsp3) is 0.778. The molecule has 0 bridgehead atoms. The maximum Gasteiger partial charge on any atom is 0.180 e. The highest BCUT2D eigenvalue weighted by atomic mass is 35.5. The van der Waals surface area contributed by atoms with Crippen molar-refractivity contribution in [3.05, 3.63) is 11.3 Å². The van der Waals surface area contributed by atoms with Gasteiger partial charge in [-0.05, 0) is 30.5 Å². The minimum Gasteiger partial charge on any atom is -0.499 e. The normalized spacial score (nSPS) is 12.0. The number of aliphatic hydroxyl groups excluding tert-OH is 1. The molecule has 0 atom stereocenters. The minimum atomic E-state index is -0.0690. The van der Waals surface area contributed by atoms with Crippen LogP contribution in [0.1, 0.15) is 45.4 Å². The lowest BCUT2D eigenvalue weighted by Gasteiger charge is -1.95. The monoisotopic (exact) mass is 176 g/mol. The van der Waals surface area contributed by atoms with Gasteiger partial charge in [0.15, 0.2) is 5.22 Å². The van der Waals surface area contributed by atoms with Crippen molar-refractivity contribution in [3.8, 4) is 0 Å². The van der Waals surface area contributed by atoms with Crippen LogP contribution in [-0.2, 0) is 0 Å². The second-order valence-corrected chi connectivity index (χ2v) is 3.12. The molecule has 0 aliphatic carbocycles. The van der Waals surface area contributed by atoms with Crippen molar-refractivity contribution >= 4 is 11.6 Å². The Kier molecular flexibility index (Phi) is 7.81. The van der Waals surface area contributed by atoms with Gasteiger partial charge in [0.1, 0.15) is 0 Å². The van der Waals surface area contributed by atoms with Gasteiger partial charge in [-0.25, -0.2) is 0 Å². The van der Waals surface area contributed by atoms with Crippen molar-refractivity contribution in [1.82, 2.24) is 0 Å². The molecule has 2 heteroatoms. The topological polar surface area (TPSA) is 20.2 Å². The summed E-state index contributed by atoms with van der Waals surface area (Å²) in [5, 5.41) is 8.51. The van der Waals surface area contributed by atoms with Crippen molar-refractivity contribution < 1.29 is 5.11 Å². The van der Waals surface area contributed by atoms with E-state index in [0.717, 1.165) is 12.8 Å². The molecule has 0 rings (SSSR count). The molecule has 0 spiro atoms. The third kappa shape index (κ3) is 9.83. The van der Waals surface area contributed by atoms with E-state index in [0.29, 0.717) is 0 Å². The molecule has 0 fully saturated rings. The smallest absolute Gasteiger partial charge is 0.180 e. The van der Waals surface area contributed by atoms with E-state index in [-0.39, 0.29) is 5.22 Å². The van der Waals surface area contributed by atoms with Crippen LogP contribution >= 0.6 is 11.6 Å². The highest BCUT2D eigenvalue weighted by Gasteiger charge is 1.87. The Morgan fingerprint density at radius 1 is 1.27 bits per heavy atom. The Bertz CT molecular complexity index is 106. The van der Waals surface area contributed by atoms with Gasteiger partial charge in [0.25, 0.3) is 0 Å². The molecule has 0 heterocycles. The Balaban J connectivity index is 2.97. The van der Waals surface area contributed by atoms with Gasteiger partial charge in [-0.15, -0.1) is 0 Å². The summed E-state index contributed by atoms with van der Waals surface area (Å²) in [6, 6.07) is 0. The summed E-state index contributed by atoms with van der Waals surface area (Å²) in [5.41, 5.74) is 0. The molecule has 1 N–H and O–H groups in total. The maximum absolute atomic E-state index is 8.58. The summed E-state index contributed by atoms with van der Waals surface area (Å²) >= 11 is 5.23. The predicted octanol–water partition coefficient (Wildman–Crippen LogP) is 3.99. The number of halogens is 1. The lowest BCUT2D eigenvalue weighted by molar-refractivity contribution is 0.448. The second kappa shape index (κ2) is 7.93. The molecule has 0 aromatic heterocycles. The van der Waals surface area contributed by atoms with Crippen LogP contribution < -0.4 is 0 Å². The van der Waals surface area contributed by atoms with Crippen molar-refractivity contribution in [2.75, 3.05) is 0 Å². The number of unbranched alkanes of at least 4 members (excludes halogenated alkanes) is 5. The molecule has 0 aliphatic rings. The molecule has 66 valence electrons. The van der Waals surface area contributed by atoms with Crippen LogP contribution in [0.2, 0.25) is 0 Å². The number of aliphatic hydroxyl groups is 1. The number of allylic oxidation sites excluding steroid dienone is 1. The Labute approximate surface area is 74.1 Å². The first kappa shape index (κ1) is 10.8. The van der Waals surface area contributed by atoms with Gasteiger partial charge in [-0.2, -0.15) is 0 Å². The summed E-state index contributed by atoms with van der Waals surface area (Å²) < 4.78 is 0.